The number of nitriles is 1. The average molecular weight is 317 g/mol. The molecule has 0 atom stereocenters. The predicted octanol–water partition coefficient (Wildman–Crippen LogP) is 3.47. The maximum atomic E-state index is 8.81. The van der Waals surface area contributed by atoms with E-state index in [4.69, 9.17) is 10.00 Å². The first-order valence-corrected chi connectivity index (χ1v) is 7.30. The van der Waals surface area contributed by atoms with Crippen molar-refractivity contribution in [2.75, 3.05) is 12.4 Å². The molecule has 0 saturated carbocycles. The molecule has 118 valence electrons. The van der Waals surface area contributed by atoms with E-state index in [0.717, 1.165) is 5.56 Å². The van der Waals surface area contributed by atoms with E-state index < -0.39 is 0 Å². The zero-order chi connectivity index (χ0) is 16.9. The van der Waals surface area contributed by atoms with Gasteiger partial charge in [0.05, 0.1) is 19.0 Å². The molecule has 0 aliphatic heterocycles. The van der Waals surface area contributed by atoms with E-state index in [1.54, 1.807) is 25.4 Å². The van der Waals surface area contributed by atoms with E-state index in [0.29, 0.717) is 28.6 Å². The molecule has 2 aromatic heterocycles. The number of anilines is 2. The number of aromatic nitrogens is 3. The van der Waals surface area contributed by atoms with Crippen molar-refractivity contribution in [3.05, 3.63) is 60.2 Å². The maximum Gasteiger partial charge on any atom is 0.187 e. The molecule has 3 rings (SSSR count). The third-order valence-corrected chi connectivity index (χ3v) is 3.47. The van der Waals surface area contributed by atoms with E-state index in [1.165, 1.54) is 11.9 Å². The van der Waals surface area contributed by atoms with Crippen LogP contribution in [0.5, 0.6) is 5.75 Å². The number of hydrogen-bond acceptors (Lipinski definition) is 6. The van der Waals surface area contributed by atoms with Gasteiger partial charge in [0, 0.05) is 5.56 Å². The summed E-state index contributed by atoms with van der Waals surface area (Å²) in [7, 11) is 1.58. The molecular weight excluding hydrogens is 302 g/mol. The number of pyridine rings is 1. The number of aryl methyl sites for hydroxylation is 1. The quantitative estimate of drug-likeness (QED) is 0.793. The first-order valence-electron chi connectivity index (χ1n) is 7.30. The first kappa shape index (κ1) is 15.4. The Morgan fingerprint density at radius 3 is 2.46 bits per heavy atom. The summed E-state index contributed by atoms with van der Waals surface area (Å²) in [6.07, 6.45) is 3.06. The molecule has 0 radical (unpaired) electrons. The van der Waals surface area contributed by atoms with Gasteiger partial charge in [0.1, 0.15) is 23.8 Å². The second kappa shape index (κ2) is 6.75. The van der Waals surface area contributed by atoms with Crippen LogP contribution in [0.1, 0.15) is 11.3 Å². The lowest BCUT2D eigenvalue weighted by Crippen LogP contribution is -2.01. The van der Waals surface area contributed by atoms with Crippen LogP contribution in [0.15, 0.2) is 48.9 Å². The minimum absolute atomic E-state index is 0.357. The fraction of sp³-hybridized carbons (Fsp3) is 0.111. The van der Waals surface area contributed by atoms with Gasteiger partial charge >= 0.3 is 0 Å². The van der Waals surface area contributed by atoms with Crippen LogP contribution in [0.2, 0.25) is 0 Å². The largest absolute Gasteiger partial charge is 0.491 e. The molecule has 6 heteroatoms. The Balaban J connectivity index is 1.97. The van der Waals surface area contributed by atoms with Crippen molar-refractivity contribution in [3.8, 4) is 23.1 Å². The van der Waals surface area contributed by atoms with Gasteiger partial charge in [-0.05, 0) is 19.1 Å². The van der Waals surface area contributed by atoms with Crippen LogP contribution in [0.3, 0.4) is 0 Å². The summed E-state index contributed by atoms with van der Waals surface area (Å²) in [6, 6.07) is 13.4. The molecule has 1 N–H and O–H groups in total. The molecule has 6 nitrogen and oxygen atoms in total. The van der Waals surface area contributed by atoms with E-state index in [1.807, 2.05) is 37.3 Å². The summed E-state index contributed by atoms with van der Waals surface area (Å²) in [4.78, 5) is 12.6. The van der Waals surface area contributed by atoms with Crippen molar-refractivity contribution in [1.29, 1.82) is 5.26 Å². The van der Waals surface area contributed by atoms with Crippen LogP contribution in [0.4, 0.5) is 11.5 Å². The Kier molecular flexibility index (Phi) is 4.34. The van der Waals surface area contributed by atoms with E-state index in [-0.39, 0.29) is 0 Å². The molecule has 0 unspecified atom stereocenters. The number of ether oxygens (including phenoxy) is 1. The number of rotatable bonds is 4. The second-order valence-electron chi connectivity index (χ2n) is 5.14. The maximum absolute atomic E-state index is 8.81. The monoisotopic (exact) mass is 317 g/mol. The topological polar surface area (TPSA) is 83.7 Å². The minimum atomic E-state index is 0.357. The Labute approximate surface area is 139 Å². The number of benzene rings is 1. The van der Waals surface area contributed by atoms with Crippen LogP contribution < -0.4 is 10.1 Å². The number of nitrogens with zero attached hydrogens (tertiary/aromatic N) is 4. The fourth-order valence-corrected chi connectivity index (χ4v) is 2.24. The van der Waals surface area contributed by atoms with Crippen LogP contribution in [-0.2, 0) is 0 Å². The van der Waals surface area contributed by atoms with Crippen molar-refractivity contribution in [2.24, 2.45) is 0 Å². The molecule has 0 amide bonds. The van der Waals surface area contributed by atoms with E-state index in [9.17, 15) is 0 Å². The van der Waals surface area contributed by atoms with E-state index >= 15 is 0 Å². The van der Waals surface area contributed by atoms with Crippen molar-refractivity contribution >= 4 is 11.5 Å². The zero-order valence-electron chi connectivity index (χ0n) is 13.3. The highest BCUT2D eigenvalue weighted by atomic mass is 16.5. The first-order chi connectivity index (χ1) is 11.7. The molecule has 0 saturated heterocycles. The Bertz CT molecular complexity index is 883. The minimum Gasteiger partial charge on any atom is -0.491 e. The molecule has 0 fully saturated rings. The zero-order valence-corrected chi connectivity index (χ0v) is 13.3. The third kappa shape index (κ3) is 3.15. The summed E-state index contributed by atoms with van der Waals surface area (Å²) in [6.45, 7) is 2.03. The normalized spacial score (nSPS) is 10.0. The van der Waals surface area contributed by atoms with E-state index in [2.05, 4.69) is 20.3 Å². The summed E-state index contributed by atoms with van der Waals surface area (Å²) >= 11 is 0. The van der Waals surface area contributed by atoms with Crippen LogP contribution in [0, 0.1) is 18.3 Å². The van der Waals surface area contributed by atoms with Crippen molar-refractivity contribution in [3.63, 3.8) is 0 Å². The Morgan fingerprint density at radius 2 is 1.83 bits per heavy atom. The van der Waals surface area contributed by atoms with Gasteiger partial charge in [0.15, 0.2) is 11.6 Å². The Hall–Kier alpha value is -3.46. The summed E-state index contributed by atoms with van der Waals surface area (Å²) < 4.78 is 5.52. The molecule has 3 aromatic rings. The van der Waals surface area contributed by atoms with Gasteiger partial charge in [-0.3, -0.25) is 0 Å². The van der Waals surface area contributed by atoms with Gasteiger partial charge in [0.25, 0.3) is 0 Å². The average Bonchev–Trinajstić information content (AvgIpc) is 2.63. The number of hydrogen-bond donors (Lipinski definition) is 1. The highest BCUT2D eigenvalue weighted by Gasteiger charge is 2.14. The number of methoxy groups -OCH3 is 1. The molecule has 1 aromatic carbocycles. The third-order valence-electron chi connectivity index (χ3n) is 3.47. The fourth-order valence-electron chi connectivity index (χ4n) is 2.24. The standard InChI is InChI=1S/C18H15N5O/c1-12-3-5-13(6-4-12)16-17(24-2)18(22-11-21-16)23-15-8-7-14(9-19)20-10-15/h3-8,10-11H,1-2H3,(H,21,22,23). The van der Waals surface area contributed by atoms with Crippen LogP contribution >= 0.6 is 0 Å². The smallest absolute Gasteiger partial charge is 0.187 e. The van der Waals surface area contributed by atoms with Gasteiger partial charge in [-0.25, -0.2) is 15.0 Å². The summed E-state index contributed by atoms with van der Waals surface area (Å²) in [5, 5.41) is 12.0. The highest BCUT2D eigenvalue weighted by Crippen LogP contribution is 2.34. The molecule has 0 spiro atoms. The van der Waals surface area contributed by atoms with Gasteiger partial charge < -0.3 is 10.1 Å². The van der Waals surface area contributed by atoms with Crippen LogP contribution in [-0.4, -0.2) is 22.1 Å². The molecule has 0 bridgehead atoms. The number of nitrogens with one attached hydrogen (secondary N) is 1. The van der Waals surface area contributed by atoms with Gasteiger partial charge in [-0.2, -0.15) is 5.26 Å². The lowest BCUT2D eigenvalue weighted by atomic mass is 10.1. The highest BCUT2D eigenvalue weighted by molar-refractivity contribution is 5.75. The molecular formula is C18H15N5O. The van der Waals surface area contributed by atoms with Gasteiger partial charge in [-0.15, -0.1) is 0 Å². The SMILES string of the molecule is COc1c(Nc2ccc(C#N)nc2)ncnc1-c1ccc(C)cc1. The summed E-state index contributed by atoms with van der Waals surface area (Å²) in [5.74, 6) is 1.08. The summed E-state index contributed by atoms with van der Waals surface area (Å²) in [5.41, 5.74) is 3.89. The van der Waals surface area contributed by atoms with Crippen molar-refractivity contribution in [1.82, 2.24) is 15.0 Å². The van der Waals surface area contributed by atoms with Gasteiger partial charge in [0.2, 0.25) is 0 Å². The Morgan fingerprint density at radius 1 is 1.04 bits per heavy atom. The molecule has 0 aliphatic rings. The van der Waals surface area contributed by atoms with Crippen LogP contribution in [0.25, 0.3) is 11.3 Å². The van der Waals surface area contributed by atoms with Crippen molar-refractivity contribution in [2.45, 2.75) is 6.92 Å². The molecule has 0 aliphatic carbocycles. The molecule has 24 heavy (non-hydrogen) atoms. The predicted molar refractivity (Wildman–Crippen MR) is 91.0 cm³/mol. The lowest BCUT2D eigenvalue weighted by Gasteiger charge is -2.13. The lowest BCUT2D eigenvalue weighted by molar-refractivity contribution is 0.415. The molecule has 2 heterocycles. The van der Waals surface area contributed by atoms with Crippen molar-refractivity contribution < 1.29 is 4.74 Å². The van der Waals surface area contributed by atoms with Gasteiger partial charge in [-0.1, -0.05) is 29.8 Å². The second-order valence-corrected chi connectivity index (χ2v) is 5.14.